The third-order valence-electron chi connectivity index (χ3n) is 1.48. The second-order valence-corrected chi connectivity index (χ2v) is 3.75. The van der Waals surface area contributed by atoms with E-state index >= 15 is 0 Å². The molecule has 1 rings (SSSR count). The number of imidazole rings is 1. The molecule has 2 nitrogen and oxygen atoms in total. The summed E-state index contributed by atoms with van der Waals surface area (Å²) < 4.78 is 1.17. The molecule has 0 aliphatic carbocycles. The zero-order chi connectivity index (χ0) is 9.14. The molecule has 1 aromatic rings. The summed E-state index contributed by atoms with van der Waals surface area (Å²) in [6.07, 6.45) is 4.04. The number of nitrogens with zero attached hydrogens (tertiary/aromatic N) is 1. The van der Waals surface area contributed by atoms with Crippen LogP contribution in [0.15, 0.2) is 9.66 Å². The van der Waals surface area contributed by atoms with Gasteiger partial charge >= 0.3 is 0 Å². The van der Waals surface area contributed by atoms with Gasteiger partial charge < -0.3 is 4.98 Å². The molecule has 12 heavy (non-hydrogen) atoms. The summed E-state index contributed by atoms with van der Waals surface area (Å²) >= 11 is 2.26. The van der Waals surface area contributed by atoms with Gasteiger partial charge in [-0.1, -0.05) is 12.7 Å². The fourth-order valence-electron chi connectivity index (χ4n) is 0.892. The SMILES string of the molecule is C=c1[nH]c(C)n/c1=C/C(I)=C\C. The second kappa shape index (κ2) is 3.89. The quantitative estimate of drug-likeness (QED) is 0.767. The molecule has 0 unspecified atom stereocenters. The number of aromatic nitrogens is 2. The molecule has 1 heterocycles. The maximum absolute atomic E-state index is 4.28. The van der Waals surface area contributed by atoms with E-state index in [0.29, 0.717) is 0 Å². The molecule has 0 saturated carbocycles. The molecule has 0 bridgehead atoms. The number of hydrogen-bond donors (Lipinski definition) is 1. The zero-order valence-electron chi connectivity index (χ0n) is 7.19. The van der Waals surface area contributed by atoms with Crippen molar-refractivity contribution in [1.29, 1.82) is 0 Å². The Morgan fingerprint density at radius 2 is 2.33 bits per heavy atom. The summed E-state index contributed by atoms with van der Waals surface area (Å²) in [5, 5.41) is 1.80. The van der Waals surface area contributed by atoms with E-state index in [0.717, 1.165) is 16.5 Å². The number of halogens is 1. The Kier molecular flexibility index (Phi) is 3.08. The number of hydrogen-bond acceptors (Lipinski definition) is 1. The van der Waals surface area contributed by atoms with Gasteiger partial charge in [0.2, 0.25) is 0 Å². The highest BCUT2D eigenvalue weighted by Crippen LogP contribution is 2.04. The van der Waals surface area contributed by atoms with Gasteiger partial charge in [0.05, 0.1) is 10.7 Å². The van der Waals surface area contributed by atoms with E-state index in [-0.39, 0.29) is 0 Å². The van der Waals surface area contributed by atoms with Crippen molar-refractivity contribution < 1.29 is 0 Å². The maximum Gasteiger partial charge on any atom is 0.104 e. The smallest absolute Gasteiger partial charge is 0.104 e. The lowest BCUT2D eigenvalue weighted by Crippen LogP contribution is -2.22. The van der Waals surface area contributed by atoms with Crippen molar-refractivity contribution in [3.05, 3.63) is 26.2 Å². The highest BCUT2D eigenvalue weighted by molar-refractivity contribution is 14.1. The lowest BCUT2D eigenvalue weighted by molar-refractivity contribution is 1.13. The zero-order valence-corrected chi connectivity index (χ0v) is 9.34. The summed E-state index contributed by atoms with van der Waals surface area (Å²) in [6.45, 7) is 7.77. The minimum Gasteiger partial charge on any atom is -0.343 e. The number of aromatic amines is 1. The third-order valence-corrected chi connectivity index (χ3v) is 2.41. The van der Waals surface area contributed by atoms with Crippen LogP contribution in [0.3, 0.4) is 0 Å². The predicted molar refractivity (Wildman–Crippen MR) is 60.3 cm³/mol. The van der Waals surface area contributed by atoms with Gasteiger partial charge in [-0.3, -0.25) is 0 Å². The molecule has 0 amide bonds. The second-order valence-electron chi connectivity index (χ2n) is 2.50. The minimum atomic E-state index is 0.878. The Bertz CT molecular complexity index is 401. The first-order valence-corrected chi connectivity index (χ1v) is 4.76. The minimum absolute atomic E-state index is 0.878. The largest absolute Gasteiger partial charge is 0.343 e. The van der Waals surface area contributed by atoms with Crippen LogP contribution in [-0.2, 0) is 0 Å². The van der Waals surface area contributed by atoms with Gasteiger partial charge in [0.15, 0.2) is 0 Å². The van der Waals surface area contributed by atoms with Crippen molar-refractivity contribution in [1.82, 2.24) is 9.97 Å². The number of rotatable bonds is 1. The van der Waals surface area contributed by atoms with Crippen molar-refractivity contribution in [3.63, 3.8) is 0 Å². The van der Waals surface area contributed by atoms with Crippen LogP contribution in [0.2, 0.25) is 0 Å². The van der Waals surface area contributed by atoms with Gasteiger partial charge in [-0.25, -0.2) is 4.98 Å². The molecule has 0 atom stereocenters. The molecule has 0 spiro atoms. The van der Waals surface area contributed by atoms with Crippen LogP contribution in [0.1, 0.15) is 12.7 Å². The fourth-order valence-corrected chi connectivity index (χ4v) is 1.19. The lowest BCUT2D eigenvalue weighted by Gasteiger charge is -1.81. The van der Waals surface area contributed by atoms with Crippen LogP contribution >= 0.6 is 22.6 Å². The van der Waals surface area contributed by atoms with E-state index in [4.69, 9.17) is 0 Å². The lowest BCUT2D eigenvalue weighted by atomic mass is 10.4. The molecular weight excluding hydrogens is 263 g/mol. The van der Waals surface area contributed by atoms with Crippen LogP contribution in [-0.4, -0.2) is 9.97 Å². The van der Waals surface area contributed by atoms with Gasteiger partial charge in [0.25, 0.3) is 0 Å². The van der Waals surface area contributed by atoms with Crippen molar-refractivity contribution in [3.8, 4) is 0 Å². The molecule has 0 radical (unpaired) electrons. The van der Waals surface area contributed by atoms with Crippen molar-refractivity contribution in [2.75, 3.05) is 0 Å². The highest BCUT2D eigenvalue weighted by Gasteiger charge is 1.90. The number of nitrogens with one attached hydrogen (secondary N) is 1. The summed E-state index contributed by atoms with van der Waals surface area (Å²) in [5.41, 5.74) is 0. The maximum atomic E-state index is 4.28. The average molecular weight is 274 g/mol. The van der Waals surface area contributed by atoms with E-state index in [2.05, 4.69) is 39.1 Å². The van der Waals surface area contributed by atoms with Crippen LogP contribution < -0.4 is 10.7 Å². The first-order valence-electron chi connectivity index (χ1n) is 3.68. The van der Waals surface area contributed by atoms with Gasteiger partial charge in [-0.05, 0) is 42.5 Å². The van der Waals surface area contributed by atoms with E-state index in [1.165, 1.54) is 3.58 Å². The molecule has 3 heteroatoms. The third kappa shape index (κ3) is 2.20. The molecule has 64 valence electrons. The number of allylic oxidation sites excluding steroid dienone is 2. The summed E-state index contributed by atoms with van der Waals surface area (Å²) in [4.78, 5) is 7.33. The Hall–Kier alpha value is -0.580. The fraction of sp³-hybridized carbons (Fsp3) is 0.222. The summed E-state index contributed by atoms with van der Waals surface area (Å²) in [5.74, 6) is 0.909. The molecule has 0 fully saturated rings. The number of aryl methyl sites for hydroxylation is 1. The highest BCUT2D eigenvalue weighted by atomic mass is 127. The molecule has 1 N–H and O–H groups in total. The number of H-pyrrole nitrogens is 1. The van der Waals surface area contributed by atoms with Crippen LogP contribution in [0.25, 0.3) is 12.7 Å². The molecular formula is C9H11IN2. The standard InChI is InChI=1S/C9H11IN2/c1-4-8(10)5-9-6(2)11-7(3)12-9/h4-5H,2H2,1,3H3,(H,11,12)/b8-4+,9-5+. The molecule has 0 saturated heterocycles. The molecule has 0 aromatic carbocycles. The van der Waals surface area contributed by atoms with Gasteiger partial charge in [-0.15, -0.1) is 0 Å². The normalized spacial score (nSPS) is 13.9. The Labute approximate surface area is 85.2 Å². The molecule has 0 aliphatic heterocycles. The van der Waals surface area contributed by atoms with Gasteiger partial charge in [0.1, 0.15) is 5.82 Å². The van der Waals surface area contributed by atoms with Crippen LogP contribution in [0.4, 0.5) is 0 Å². The van der Waals surface area contributed by atoms with Gasteiger partial charge in [-0.2, -0.15) is 0 Å². The van der Waals surface area contributed by atoms with Crippen LogP contribution in [0.5, 0.6) is 0 Å². The molecule has 1 aromatic heterocycles. The van der Waals surface area contributed by atoms with Crippen LogP contribution in [0, 0.1) is 6.92 Å². The van der Waals surface area contributed by atoms with E-state index in [1.807, 2.05) is 26.0 Å². The Balaban J connectivity index is 3.28. The monoisotopic (exact) mass is 274 g/mol. The first-order chi connectivity index (χ1) is 5.63. The van der Waals surface area contributed by atoms with E-state index < -0.39 is 0 Å². The van der Waals surface area contributed by atoms with E-state index in [1.54, 1.807) is 0 Å². The van der Waals surface area contributed by atoms with Gasteiger partial charge in [0, 0.05) is 3.58 Å². The molecule has 0 aliphatic rings. The Morgan fingerprint density at radius 1 is 1.67 bits per heavy atom. The van der Waals surface area contributed by atoms with Crippen molar-refractivity contribution in [2.45, 2.75) is 13.8 Å². The average Bonchev–Trinajstić information content (AvgIpc) is 2.30. The topological polar surface area (TPSA) is 28.7 Å². The van der Waals surface area contributed by atoms with Crippen molar-refractivity contribution in [2.24, 2.45) is 0 Å². The predicted octanol–water partition coefficient (Wildman–Crippen LogP) is 1.25. The van der Waals surface area contributed by atoms with E-state index in [9.17, 15) is 0 Å². The first kappa shape index (κ1) is 9.51. The van der Waals surface area contributed by atoms with Crippen molar-refractivity contribution >= 4 is 35.2 Å². The Morgan fingerprint density at radius 3 is 2.75 bits per heavy atom. The summed E-state index contributed by atoms with van der Waals surface area (Å²) in [6, 6.07) is 0. The summed E-state index contributed by atoms with van der Waals surface area (Å²) in [7, 11) is 0.